The summed E-state index contributed by atoms with van der Waals surface area (Å²) in [6.45, 7) is 3.57. The van der Waals surface area contributed by atoms with Crippen molar-refractivity contribution in [2.24, 2.45) is 0 Å². The van der Waals surface area contributed by atoms with Crippen LogP contribution in [0.1, 0.15) is 18.5 Å². The number of rotatable bonds is 4. The third-order valence-electron chi connectivity index (χ3n) is 4.53. The summed E-state index contributed by atoms with van der Waals surface area (Å²) in [5.41, 5.74) is 0.799. The van der Waals surface area contributed by atoms with Crippen molar-refractivity contribution in [3.63, 3.8) is 0 Å². The number of ether oxygens (including phenoxy) is 3. The SMILES string of the molecule is Cc1ccc(O[C@@H]2CCN(S(=O)(=O)c3ccc4c(c3)OCCCO4)C2)nn1. The minimum absolute atomic E-state index is 0.197. The summed E-state index contributed by atoms with van der Waals surface area (Å²) in [7, 11) is -3.63. The Bertz CT molecular complexity index is 917. The van der Waals surface area contributed by atoms with Crippen molar-refractivity contribution in [2.45, 2.75) is 30.8 Å². The first-order chi connectivity index (χ1) is 13.0. The van der Waals surface area contributed by atoms with Crippen molar-refractivity contribution < 1.29 is 22.6 Å². The van der Waals surface area contributed by atoms with Gasteiger partial charge in [0.05, 0.1) is 30.3 Å². The van der Waals surface area contributed by atoms with Gasteiger partial charge < -0.3 is 14.2 Å². The van der Waals surface area contributed by atoms with E-state index in [0.29, 0.717) is 43.6 Å². The lowest BCUT2D eigenvalue weighted by Crippen LogP contribution is -2.31. The maximum Gasteiger partial charge on any atom is 0.243 e. The Balaban J connectivity index is 1.48. The van der Waals surface area contributed by atoms with Crippen LogP contribution in [0.15, 0.2) is 35.2 Å². The van der Waals surface area contributed by atoms with Gasteiger partial charge in [0.2, 0.25) is 15.9 Å². The molecular weight excluding hydrogens is 370 g/mol. The van der Waals surface area contributed by atoms with Crippen LogP contribution in [0.5, 0.6) is 17.4 Å². The molecule has 0 radical (unpaired) electrons. The predicted octanol–water partition coefficient (Wildman–Crippen LogP) is 1.79. The monoisotopic (exact) mass is 391 g/mol. The first-order valence-corrected chi connectivity index (χ1v) is 10.3. The molecule has 2 aliphatic heterocycles. The van der Waals surface area contributed by atoms with Gasteiger partial charge in [-0.05, 0) is 31.5 Å². The molecule has 0 aliphatic carbocycles. The van der Waals surface area contributed by atoms with Gasteiger partial charge in [-0.1, -0.05) is 0 Å². The second kappa shape index (κ2) is 7.32. The van der Waals surface area contributed by atoms with E-state index in [2.05, 4.69) is 10.2 Å². The quantitative estimate of drug-likeness (QED) is 0.785. The van der Waals surface area contributed by atoms with Crippen molar-refractivity contribution in [1.82, 2.24) is 14.5 Å². The third kappa shape index (κ3) is 3.84. The van der Waals surface area contributed by atoms with Crippen LogP contribution >= 0.6 is 0 Å². The van der Waals surface area contributed by atoms with E-state index in [0.717, 1.165) is 12.1 Å². The molecule has 2 aliphatic rings. The first kappa shape index (κ1) is 18.0. The molecule has 1 aromatic carbocycles. The zero-order chi connectivity index (χ0) is 18.9. The third-order valence-corrected chi connectivity index (χ3v) is 6.39. The summed E-state index contributed by atoms with van der Waals surface area (Å²) in [4.78, 5) is 0.197. The molecule has 0 amide bonds. The number of sulfonamides is 1. The van der Waals surface area contributed by atoms with E-state index in [1.807, 2.05) is 13.0 Å². The van der Waals surface area contributed by atoms with E-state index >= 15 is 0 Å². The van der Waals surface area contributed by atoms with Crippen molar-refractivity contribution in [3.8, 4) is 17.4 Å². The van der Waals surface area contributed by atoms with Crippen LogP contribution in [-0.4, -0.2) is 55.3 Å². The zero-order valence-electron chi connectivity index (χ0n) is 15.0. The predicted molar refractivity (Wildman–Crippen MR) is 96.6 cm³/mol. The molecule has 0 spiro atoms. The number of hydrogen-bond donors (Lipinski definition) is 0. The molecule has 1 atom stereocenters. The number of aromatic nitrogens is 2. The molecule has 0 bridgehead atoms. The van der Waals surface area contributed by atoms with Crippen molar-refractivity contribution in [1.29, 1.82) is 0 Å². The van der Waals surface area contributed by atoms with Crippen LogP contribution in [0.3, 0.4) is 0 Å². The Hall–Kier alpha value is -2.39. The van der Waals surface area contributed by atoms with Gasteiger partial charge in [0, 0.05) is 25.1 Å². The number of hydrogen-bond acceptors (Lipinski definition) is 7. The van der Waals surface area contributed by atoms with Crippen LogP contribution in [0.4, 0.5) is 0 Å². The molecule has 0 saturated carbocycles. The molecular formula is C18H21N3O5S. The highest BCUT2D eigenvalue weighted by molar-refractivity contribution is 7.89. The normalized spacial score (nSPS) is 20.3. The van der Waals surface area contributed by atoms with Crippen LogP contribution in [0.2, 0.25) is 0 Å². The second-order valence-electron chi connectivity index (χ2n) is 6.56. The molecule has 4 rings (SSSR count). The Kier molecular flexibility index (Phi) is 4.88. The molecule has 8 nitrogen and oxygen atoms in total. The number of benzene rings is 1. The fraction of sp³-hybridized carbons (Fsp3) is 0.444. The van der Waals surface area contributed by atoms with E-state index < -0.39 is 10.0 Å². The topological polar surface area (TPSA) is 90.9 Å². The average Bonchev–Trinajstić information content (AvgIpc) is 3.01. The van der Waals surface area contributed by atoms with E-state index in [-0.39, 0.29) is 17.5 Å². The fourth-order valence-electron chi connectivity index (χ4n) is 3.09. The first-order valence-electron chi connectivity index (χ1n) is 8.89. The lowest BCUT2D eigenvalue weighted by atomic mass is 10.3. The van der Waals surface area contributed by atoms with Crippen LogP contribution < -0.4 is 14.2 Å². The highest BCUT2D eigenvalue weighted by atomic mass is 32.2. The van der Waals surface area contributed by atoms with Crippen molar-refractivity contribution in [2.75, 3.05) is 26.3 Å². The fourth-order valence-corrected chi connectivity index (χ4v) is 4.59. The van der Waals surface area contributed by atoms with E-state index in [1.54, 1.807) is 18.2 Å². The Morgan fingerprint density at radius 2 is 1.93 bits per heavy atom. The second-order valence-corrected chi connectivity index (χ2v) is 8.50. The molecule has 0 N–H and O–H groups in total. The standard InChI is InChI=1S/C18H21N3O5S/c1-13-3-6-18(20-19-13)26-14-7-8-21(12-14)27(22,23)15-4-5-16-17(11-15)25-10-2-9-24-16/h3-6,11,14H,2,7-10,12H2,1H3/t14-/m1/s1. The summed E-state index contributed by atoms with van der Waals surface area (Å²) < 4.78 is 44.4. The van der Waals surface area contributed by atoms with Crippen LogP contribution in [0, 0.1) is 6.92 Å². The smallest absolute Gasteiger partial charge is 0.243 e. The summed E-state index contributed by atoms with van der Waals surface area (Å²) in [6, 6.07) is 8.30. The van der Waals surface area contributed by atoms with Crippen molar-refractivity contribution in [3.05, 3.63) is 36.0 Å². The van der Waals surface area contributed by atoms with E-state index in [9.17, 15) is 8.42 Å². The molecule has 1 saturated heterocycles. The summed E-state index contributed by atoms with van der Waals surface area (Å²) in [5, 5.41) is 7.93. The summed E-state index contributed by atoms with van der Waals surface area (Å²) in [5.74, 6) is 1.45. The Morgan fingerprint density at radius 3 is 2.70 bits per heavy atom. The Labute approximate surface area is 158 Å². The molecule has 1 aromatic heterocycles. The highest BCUT2D eigenvalue weighted by Crippen LogP contribution is 2.33. The molecule has 27 heavy (non-hydrogen) atoms. The van der Waals surface area contributed by atoms with E-state index in [1.165, 1.54) is 10.4 Å². The average molecular weight is 391 g/mol. The summed E-state index contributed by atoms with van der Waals surface area (Å²) >= 11 is 0. The van der Waals surface area contributed by atoms with Gasteiger partial charge in [-0.25, -0.2) is 8.42 Å². The van der Waals surface area contributed by atoms with Gasteiger partial charge in [0.15, 0.2) is 11.5 Å². The molecule has 1 fully saturated rings. The number of aryl methyl sites for hydroxylation is 1. The van der Waals surface area contributed by atoms with Crippen LogP contribution in [-0.2, 0) is 10.0 Å². The molecule has 2 aromatic rings. The summed E-state index contributed by atoms with van der Waals surface area (Å²) in [6.07, 6.45) is 1.11. The maximum atomic E-state index is 13.0. The zero-order valence-corrected chi connectivity index (χ0v) is 15.8. The van der Waals surface area contributed by atoms with Gasteiger partial charge in [0.25, 0.3) is 0 Å². The molecule has 0 unspecified atom stereocenters. The molecule has 9 heteroatoms. The minimum Gasteiger partial charge on any atom is -0.490 e. The Morgan fingerprint density at radius 1 is 1.11 bits per heavy atom. The van der Waals surface area contributed by atoms with Crippen molar-refractivity contribution >= 4 is 10.0 Å². The molecule has 144 valence electrons. The van der Waals surface area contributed by atoms with Crippen LogP contribution in [0.25, 0.3) is 0 Å². The highest BCUT2D eigenvalue weighted by Gasteiger charge is 2.34. The van der Waals surface area contributed by atoms with Gasteiger partial charge in [-0.15, -0.1) is 5.10 Å². The largest absolute Gasteiger partial charge is 0.490 e. The van der Waals surface area contributed by atoms with Gasteiger partial charge in [0.1, 0.15) is 6.10 Å². The lowest BCUT2D eigenvalue weighted by molar-refractivity contribution is 0.204. The maximum absolute atomic E-state index is 13.0. The van der Waals surface area contributed by atoms with Gasteiger partial charge >= 0.3 is 0 Å². The lowest BCUT2D eigenvalue weighted by Gasteiger charge is -2.18. The number of fused-ring (bicyclic) bond motifs is 1. The minimum atomic E-state index is -3.63. The van der Waals surface area contributed by atoms with Gasteiger partial charge in [-0.3, -0.25) is 0 Å². The number of nitrogens with zero attached hydrogens (tertiary/aromatic N) is 3. The molecule has 3 heterocycles. The van der Waals surface area contributed by atoms with E-state index in [4.69, 9.17) is 14.2 Å². The van der Waals surface area contributed by atoms with Gasteiger partial charge in [-0.2, -0.15) is 9.40 Å².